The van der Waals surface area contributed by atoms with Crippen LogP contribution in [0.2, 0.25) is 0 Å². The molecule has 1 atom stereocenters. The molecule has 1 aliphatic heterocycles. The molecule has 3 heterocycles. The first-order chi connectivity index (χ1) is 19.4. The van der Waals surface area contributed by atoms with Gasteiger partial charge < -0.3 is 4.74 Å². The monoisotopic (exact) mass is 546 g/mol. The van der Waals surface area contributed by atoms with Gasteiger partial charge >= 0.3 is 5.97 Å². The Morgan fingerprint density at radius 3 is 2.30 bits per heavy atom. The lowest BCUT2D eigenvalue weighted by Gasteiger charge is -2.24. The van der Waals surface area contributed by atoms with Crippen LogP contribution >= 0.6 is 11.3 Å². The minimum absolute atomic E-state index is 0.228. The molecule has 6 rings (SSSR count). The Bertz CT molecular complexity index is 1930. The smallest absolute Gasteiger partial charge is 0.338 e. The standard InChI is InChI=1S/C32H26N4O3S/c1-20-14-16-22(17-15-20)28-24(19-35(34-28)25-12-8-5-9-13-25)18-26-30(37)36-29(23-10-6-4-7-11-23)27(31(38)39-3)21(2)33-32(36)40-26/h4-19,29H,1-3H3/b26-18-/t29-/m1/s1. The Morgan fingerprint density at radius 2 is 1.62 bits per heavy atom. The number of esters is 1. The third kappa shape index (κ3) is 4.52. The van der Waals surface area contributed by atoms with Crippen molar-refractivity contribution in [3.63, 3.8) is 0 Å². The number of carbonyl (C=O) groups is 1. The maximum absolute atomic E-state index is 14.0. The fourth-order valence-corrected chi connectivity index (χ4v) is 5.96. The molecule has 0 saturated heterocycles. The Hall–Kier alpha value is -4.82. The highest BCUT2D eigenvalue weighted by Gasteiger charge is 2.33. The van der Waals surface area contributed by atoms with E-state index in [4.69, 9.17) is 9.84 Å². The zero-order chi connectivity index (χ0) is 27.8. The molecule has 0 saturated carbocycles. The van der Waals surface area contributed by atoms with Crippen LogP contribution < -0.4 is 14.9 Å². The molecule has 198 valence electrons. The number of benzene rings is 3. The Balaban J connectivity index is 1.57. The molecule has 1 aliphatic rings. The van der Waals surface area contributed by atoms with E-state index in [9.17, 15) is 9.59 Å². The summed E-state index contributed by atoms with van der Waals surface area (Å²) in [4.78, 5) is 32.1. The third-order valence-electron chi connectivity index (χ3n) is 6.92. The molecule has 7 nitrogen and oxygen atoms in total. The number of para-hydroxylation sites is 1. The van der Waals surface area contributed by atoms with Crippen LogP contribution in [0.1, 0.15) is 29.7 Å². The van der Waals surface area contributed by atoms with Gasteiger partial charge in [0.2, 0.25) is 0 Å². The van der Waals surface area contributed by atoms with Crippen LogP contribution in [0, 0.1) is 6.92 Å². The Labute approximate surface area is 234 Å². The van der Waals surface area contributed by atoms with E-state index in [-0.39, 0.29) is 5.56 Å². The van der Waals surface area contributed by atoms with Gasteiger partial charge in [-0.2, -0.15) is 5.10 Å². The van der Waals surface area contributed by atoms with Gasteiger partial charge in [-0.15, -0.1) is 0 Å². The molecule has 5 aromatic rings. The van der Waals surface area contributed by atoms with Gasteiger partial charge in [0.05, 0.1) is 40.3 Å². The lowest BCUT2D eigenvalue weighted by Crippen LogP contribution is -2.39. The zero-order valence-corrected chi connectivity index (χ0v) is 23.1. The summed E-state index contributed by atoms with van der Waals surface area (Å²) in [5, 5.41) is 4.90. The minimum Gasteiger partial charge on any atom is -0.466 e. The fourth-order valence-electron chi connectivity index (χ4n) is 4.93. The van der Waals surface area contributed by atoms with E-state index in [1.807, 2.05) is 109 Å². The van der Waals surface area contributed by atoms with Crippen LogP contribution in [0.25, 0.3) is 23.0 Å². The first-order valence-electron chi connectivity index (χ1n) is 12.8. The molecular weight excluding hydrogens is 520 g/mol. The highest BCUT2D eigenvalue weighted by atomic mass is 32.1. The van der Waals surface area contributed by atoms with Crippen molar-refractivity contribution in [1.82, 2.24) is 14.3 Å². The summed E-state index contributed by atoms with van der Waals surface area (Å²) in [5.74, 6) is -0.504. The van der Waals surface area contributed by atoms with Crippen molar-refractivity contribution >= 4 is 23.4 Å². The molecule has 0 amide bonds. The van der Waals surface area contributed by atoms with E-state index < -0.39 is 12.0 Å². The van der Waals surface area contributed by atoms with Gasteiger partial charge in [0, 0.05) is 17.3 Å². The predicted octanol–water partition coefficient (Wildman–Crippen LogP) is 4.57. The van der Waals surface area contributed by atoms with Gasteiger partial charge in [0.15, 0.2) is 4.80 Å². The number of aromatic nitrogens is 3. The van der Waals surface area contributed by atoms with E-state index >= 15 is 0 Å². The molecule has 0 aliphatic carbocycles. The number of hydrogen-bond donors (Lipinski definition) is 0. The summed E-state index contributed by atoms with van der Waals surface area (Å²) >= 11 is 1.30. The van der Waals surface area contributed by atoms with Crippen molar-refractivity contribution in [2.24, 2.45) is 4.99 Å². The number of carbonyl (C=O) groups excluding carboxylic acids is 1. The second-order valence-electron chi connectivity index (χ2n) is 9.56. The predicted molar refractivity (Wildman–Crippen MR) is 156 cm³/mol. The average Bonchev–Trinajstić information content (AvgIpc) is 3.54. The highest BCUT2D eigenvalue weighted by Crippen LogP contribution is 2.30. The van der Waals surface area contributed by atoms with Crippen LogP contribution in [0.4, 0.5) is 0 Å². The number of fused-ring (bicyclic) bond motifs is 1. The van der Waals surface area contributed by atoms with Crippen LogP contribution in [-0.2, 0) is 9.53 Å². The fraction of sp³-hybridized carbons (Fsp3) is 0.125. The summed E-state index contributed by atoms with van der Waals surface area (Å²) in [6.07, 6.45) is 3.80. The molecule has 0 bridgehead atoms. The van der Waals surface area contributed by atoms with Crippen LogP contribution in [0.5, 0.6) is 0 Å². The molecular formula is C32H26N4O3S. The number of nitrogens with zero attached hydrogens (tertiary/aromatic N) is 4. The summed E-state index contributed by atoms with van der Waals surface area (Å²) in [5.41, 5.74) is 6.05. The number of thiazole rings is 1. The van der Waals surface area contributed by atoms with Gasteiger partial charge in [-0.25, -0.2) is 14.5 Å². The maximum Gasteiger partial charge on any atom is 0.338 e. The normalized spacial score (nSPS) is 15.1. The SMILES string of the molecule is COC(=O)C1=C(C)N=c2s/c(=C\c3cn(-c4ccccc4)nc3-c3ccc(C)cc3)c(=O)n2[C@@H]1c1ccccc1. The molecule has 0 fully saturated rings. The van der Waals surface area contributed by atoms with Crippen molar-refractivity contribution in [3.05, 3.63) is 139 Å². The number of rotatable bonds is 5. The van der Waals surface area contributed by atoms with E-state index in [2.05, 4.69) is 4.99 Å². The molecule has 0 unspecified atom stereocenters. The first-order valence-corrected chi connectivity index (χ1v) is 13.6. The van der Waals surface area contributed by atoms with Crippen molar-refractivity contribution in [2.75, 3.05) is 7.11 Å². The van der Waals surface area contributed by atoms with Crippen molar-refractivity contribution < 1.29 is 9.53 Å². The second-order valence-corrected chi connectivity index (χ2v) is 10.6. The van der Waals surface area contributed by atoms with Gasteiger partial charge in [0.25, 0.3) is 5.56 Å². The highest BCUT2D eigenvalue weighted by molar-refractivity contribution is 7.07. The summed E-state index contributed by atoms with van der Waals surface area (Å²) in [6, 6.07) is 26.9. The van der Waals surface area contributed by atoms with Crippen LogP contribution in [-0.4, -0.2) is 27.4 Å². The van der Waals surface area contributed by atoms with E-state index in [1.54, 1.807) is 11.5 Å². The van der Waals surface area contributed by atoms with Crippen molar-refractivity contribution in [1.29, 1.82) is 0 Å². The van der Waals surface area contributed by atoms with E-state index in [0.717, 1.165) is 33.6 Å². The lowest BCUT2D eigenvalue weighted by atomic mass is 9.96. The second kappa shape index (κ2) is 10.4. The molecule has 40 heavy (non-hydrogen) atoms. The molecule has 8 heteroatoms. The molecule has 0 radical (unpaired) electrons. The van der Waals surface area contributed by atoms with E-state index in [0.29, 0.717) is 20.6 Å². The number of ether oxygens (including phenoxy) is 1. The Kier molecular flexibility index (Phi) is 6.61. The van der Waals surface area contributed by atoms with Gasteiger partial charge in [-0.05, 0) is 37.6 Å². The number of hydrogen-bond acceptors (Lipinski definition) is 6. The lowest BCUT2D eigenvalue weighted by molar-refractivity contribution is -0.136. The molecule has 3 aromatic carbocycles. The first kappa shape index (κ1) is 25.5. The summed E-state index contributed by atoms with van der Waals surface area (Å²) in [6.45, 7) is 3.82. The van der Waals surface area contributed by atoms with Gasteiger partial charge in [0.1, 0.15) is 0 Å². The average molecular weight is 547 g/mol. The minimum atomic E-state index is -0.643. The van der Waals surface area contributed by atoms with Crippen LogP contribution in [0.3, 0.4) is 0 Å². The maximum atomic E-state index is 14.0. The summed E-state index contributed by atoms with van der Waals surface area (Å²) < 4.78 is 9.02. The van der Waals surface area contributed by atoms with Crippen LogP contribution in [0.15, 0.2) is 112 Å². The van der Waals surface area contributed by atoms with Crippen molar-refractivity contribution in [3.8, 4) is 16.9 Å². The third-order valence-corrected chi connectivity index (χ3v) is 7.90. The summed E-state index contributed by atoms with van der Waals surface area (Å²) in [7, 11) is 1.34. The number of aryl methyl sites for hydroxylation is 1. The zero-order valence-electron chi connectivity index (χ0n) is 22.2. The number of methoxy groups -OCH3 is 1. The Morgan fingerprint density at radius 1 is 0.950 bits per heavy atom. The quantitative estimate of drug-likeness (QED) is 0.303. The molecule has 0 N–H and O–H groups in total. The van der Waals surface area contributed by atoms with E-state index in [1.165, 1.54) is 18.4 Å². The van der Waals surface area contributed by atoms with Gasteiger partial charge in [-0.1, -0.05) is 89.7 Å². The molecule has 2 aromatic heterocycles. The molecule has 0 spiro atoms. The van der Waals surface area contributed by atoms with Crippen molar-refractivity contribution in [2.45, 2.75) is 19.9 Å². The topological polar surface area (TPSA) is 78.5 Å². The largest absolute Gasteiger partial charge is 0.466 e. The number of allylic oxidation sites excluding steroid dienone is 1. The van der Waals surface area contributed by atoms with Gasteiger partial charge in [-0.3, -0.25) is 9.36 Å².